The fourth-order valence-corrected chi connectivity index (χ4v) is 1.87. The van der Waals surface area contributed by atoms with Crippen LogP contribution in [0, 0.1) is 10.1 Å². The monoisotopic (exact) mass is 319 g/mol. The van der Waals surface area contributed by atoms with Crippen molar-refractivity contribution in [3.63, 3.8) is 0 Å². The minimum absolute atomic E-state index is 0.0277. The Bertz CT molecular complexity index is 758. The molecule has 2 rings (SSSR count). The lowest BCUT2D eigenvalue weighted by atomic mass is 10.1. The van der Waals surface area contributed by atoms with Gasteiger partial charge in [-0.1, -0.05) is 23.7 Å². The van der Waals surface area contributed by atoms with Gasteiger partial charge < -0.3 is 15.2 Å². The highest BCUT2D eigenvalue weighted by Crippen LogP contribution is 2.25. The first-order valence-electron chi connectivity index (χ1n) is 5.95. The molecule has 0 unspecified atom stereocenters. The predicted molar refractivity (Wildman–Crippen MR) is 76.8 cm³/mol. The molecule has 0 saturated carbocycles. The van der Waals surface area contributed by atoms with Crippen LogP contribution in [-0.4, -0.2) is 16.8 Å². The molecule has 8 heteroatoms. The number of anilines is 1. The highest BCUT2D eigenvalue weighted by Gasteiger charge is 2.16. The van der Waals surface area contributed by atoms with Gasteiger partial charge in [-0.25, -0.2) is 0 Å². The van der Waals surface area contributed by atoms with Gasteiger partial charge in [0.25, 0.3) is 11.6 Å². The number of carboxylic acids is 1. The zero-order chi connectivity index (χ0) is 16.3. The van der Waals surface area contributed by atoms with Crippen molar-refractivity contribution in [1.82, 2.24) is 0 Å². The molecular formula is C14H8ClN2O5-. The molecule has 2 aromatic carbocycles. The van der Waals surface area contributed by atoms with Gasteiger partial charge in [0.2, 0.25) is 0 Å². The van der Waals surface area contributed by atoms with Crippen LogP contribution in [0.2, 0.25) is 5.02 Å². The van der Waals surface area contributed by atoms with Gasteiger partial charge >= 0.3 is 0 Å². The number of carboxylic acid groups (broad SMARTS) is 1. The number of nitrogens with zero attached hydrogens (tertiary/aromatic N) is 1. The Morgan fingerprint density at radius 1 is 1.05 bits per heavy atom. The molecule has 7 nitrogen and oxygen atoms in total. The average molecular weight is 320 g/mol. The van der Waals surface area contributed by atoms with Gasteiger partial charge in [-0.2, -0.15) is 0 Å². The van der Waals surface area contributed by atoms with Crippen LogP contribution in [0.4, 0.5) is 11.4 Å². The van der Waals surface area contributed by atoms with Crippen molar-refractivity contribution in [3.8, 4) is 0 Å². The van der Waals surface area contributed by atoms with Gasteiger partial charge in [-0.15, -0.1) is 0 Å². The molecule has 0 bridgehead atoms. The molecule has 1 amide bonds. The molecule has 1 N–H and O–H groups in total. The largest absolute Gasteiger partial charge is 0.545 e. The summed E-state index contributed by atoms with van der Waals surface area (Å²) in [6.07, 6.45) is 0. The molecule has 0 spiro atoms. The van der Waals surface area contributed by atoms with Crippen LogP contribution in [0.5, 0.6) is 0 Å². The maximum absolute atomic E-state index is 12.0. The lowest BCUT2D eigenvalue weighted by Gasteiger charge is -2.07. The minimum Gasteiger partial charge on any atom is -0.545 e. The molecule has 0 radical (unpaired) electrons. The number of carbonyl (C=O) groups is 2. The summed E-state index contributed by atoms with van der Waals surface area (Å²) in [6, 6.07) is 8.98. The summed E-state index contributed by atoms with van der Waals surface area (Å²) in [5.41, 5.74) is -0.00516. The normalized spacial score (nSPS) is 10.0. The number of rotatable bonds is 4. The zero-order valence-electron chi connectivity index (χ0n) is 10.9. The summed E-state index contributed by atoms with van der Waals surface area (Å²) in [7, 11) is 0. The first kappa shape index (κ1) is 15.5. The van der Waals surface area contributed by atoms with E-state index in [1.807, 2.05) is 0 Å². The molecule has 112 valence electrons. The van der Waals surface area contributed by atoms with Gasteiger partial charge in [0.15, 0.2) is 0 Å². The third-order valence-electron chi connectivity index (χ3n) is 2.78. The number of carbonyl (C=O) groups excluding carboxylic acids is 2. The summed E-state index contributed by atoms with van der Waals surface area (Å²) in [6.45, 7) is 0. The smallest absolute Gasteiger partial charge is 0.288 e. The van der Waals surface area contributed by atoms with Crippen molar-refractivity contribution in [2.24, 2.45) is 0 Å². The number of hydrogen-bond acceptors (Lipinski definition) is 5. The van der Waals surface area contributed by atoms with E-state index in [9.17, 15) is 24.8 Å². The zero-order valence-corrected chi connectivity index (χ0v) is 11.7. The Labute approximate surface area is 129 Å². The molecule has 2 aromatic rings. The summed E-state index contributed by atoms with van der Waals surface area (Å²) < 4.78 is 0. The van der Waals surface area contributed by atoms with Crippen LogP contribution >= 0.6 is 11.6 Å². The van der Waals surface area contributed by atoms with E-state index in [1.54, 1.807) is 0 Å². The van der Waals surface area contributed by atoms with Crippen molar-refractivity contribution in [1.29, 1.82) is 0 Å². The second-order valence-corrected chi connectivity index (χ2v) is 4.65. The lowest BCUT2D eigenvalue weighted by Crippen LogP contribution is -2.22. The highest BCUT2D eigenvalue weighted by atomic mass is 35.5. The third kappa shape index (κ3) is 3.39. The lowest BCUT2D eigenvalue weighted by molar-refractivity contribution is -0.384. The van der Waals surface area contributed by atoms with Crippen LogP contribution < -0.4 is 10.4 Å². The molecule has 0 aliphatic rings. The highest BCUT2D eigenvalue weighted by molar-refractivity contribution is 6.32. The van der Waals surface area contributed by atoms with Crippen molar-refractivity contribution >= 4 is 34.9 Å². The van der Waals surface area contributed by atoms with Gasteiger partial charge in [0.05, 0.1) is 10.9 Å². The molecular weight excluding hydrogens is 312 g/mol. The summed E-state index contributed by atoms with van der Waals surface area (Å²) in [5.74, 6) is -1.91. The van der Waals surface area contributed by atoms with Gasteiger partial charge in [0.1, 0.15) is 5.02 Å². The first-order valence-corrected chi connectivity index (χ1v) is 6.33. The van der Waals surface area contributed by atoms with E-state index < -0.39 is 16.8 Å². The number of aromatic carboxylic acids is 1. The minimum atomic E-state index is -1.33. The van der Waals surface area contributed by atoms with E-state index in [2.05, 4.69) is 5.32 Å². The number of benzene rings is 2. The summed E-state index contributed by atoms with van der Waals surface area (Å²) >= 11 is 5.67. The Morgan fingerprint density at radius 2 is 1.64 bits per heavy atom. The van der Waals surface area contributed by atoms with Gasteiger partial charge in [0, 0.05) is 17.3 Å². The van der Waals surface area contributed by atoms with Crippen LogP contribution in [-0.2, 0) is 0 Å². The number of nitro groups is 1. The van der Waals surface area contributed by atoms with E-state index in [4.69, 9.17) is 11.6 Å². The molecule has 0 atom stereocenters. The van der Waals surface area contributed by atoms with E-state index in [0.29, 0.717) is 5.69 Å². The summed E-state index contributed by atoms with van der Waals surface area (Å²) in [4.78, 5) is 32.7. The predicted octanol–water partition coefficient (Wildman–Crippen LogP) is 1.86. The van der Waals surface area contributed by atoms with Crippen LogP contribution in [0.15, 0.2) is 42.5 Å². The van der Waals surface area contributed by atoms with Crippen molar-refractivity contribution < 1.29 is 19.6 Å². The SMILES string of the molecule is O=C([O-])c1ccc(NC(=O)c2ccc(Cl)c([N+](=O)[O-])c2)cc1. The molecule has 0 aliphatic carbocycles. The maximum Gasteiger partial charge on any atom is 0.288 e. The quantitative estimate of drug-likeness (QED) is 0.682. The fourth-order valence-electron chi connectivity index (χ4n) is 1.69. The van der Waals surface area contributed by atoms with Gasteiger partial charge in [-0.05, 0) is 29.8 Å². The molecule has 0 heterocycles. The van der Waals surface area contributed by atoms with E-state index in [1.165, 1.54) is 36.4 Å². The van der Waals surface area contributed by atoms with Crippen LogP contribution in [0.25, 0.3) is 0 Å². The second-order valence-electron chi connectivity index (χ2n) is 4.24. The third-order valence-corrected chi connectivity index (χ3v) is 3.10. The first-order chi connectivity index (χ1) is 10.4. The Morgan fingerprint density at radius 3 is 2.18 bits per heavy atom. The maximum atomic E-state index is 12.0. The van der Waals surface area contributed by atoms with Crippen LogP contribution in [0.1, 0.15) is 20.7 Å². The Balaban J connectivity index is 2.20. The standard InChI is InChI=1S/C14H9ClN2O5/c15-11-6-3-9(7-12(11)17(21)22)13(18)16-10-4-1-8(2-5-10)14(19)20/h1-7H,(H,16,18)(H,19,20)/p-1. The molecule has 22 heavy (non-hydrogen) atoms. The topological polar surface area (TPSA) is 112 Å². The average Bonchev–Trinajstić information content (AvgIpc) is 2.47. The summed E-state index contributed by atoms with van der Waals surface area (Å²) in [5, 5.41) is 23.8. The number of amides is 1. The van der Waals surface area contributed by atoms with Crippen molar-refractivity contribution in [3.05, 3.63) is 68.7 Å². The van der Waals surface area contributed by atoms with Crippen LogP contribution in [0.3, 0.4) is 0 Å². The van der Waals surface area contributed by atoms with E-state index in [-0.39, 0.29) is 21.8 Å². The number of nitro benzene ring substituents is 1. The van der Waals surface area contributed by atoms with E-state index in [0.717, 1.165) is 6.07 Å². The second kappa shape index (κ2) is 6.23. The molecule has 0 saturated heterocycles. The molecule has 0 aromatic heterocycles. The van der Waals surface area contributed by atoms with Gasteiger partial charge in [-0.3, -0.25) is 14.9 Å². The molecule has 0 fully saturated rings. The fraction of sp³-hybridized carbons (Fsp3) is 0. The number of hydrogen-bond donors (Lipinski definition) is 1. The number of nitrogens with one attached hydrogen (secondary N) is 1. The van der Waals surface area contributed by atoms with Crippen molar-refractivity contribution in [2.45, 2.75) is 0 Å². The van der Waals surface area contributed by atoms with Crippen molar-refractivity contribution in [2.75, 3.05) is 5.32 Å². The molecule has 0 aliphatic heterocycles. The van der Waals surface area contributed by atoms with E-state index >= 15 is 0 Å². The number of halogens is 1. The Hall–Kier alpha value is -2.93. The Kier molecular flexibility index (Phi) is 4.38.